The average Bonchev–Trinajstić information content (AvgIpc) is 3.44. The van der Waals surface area contributed by atoms with Crippen molar-refractivity contribution in [2.75, 3.05) is 5.01 Å². The first kappa shape index (κ1) is 20.9. The van der Waals surface area contributed by atoms with Gasteiger partial charge in [-0.1, -0.05) is 121 Å². The van der Waals surface area contributed by atoms with Crippen molar-refractivity contribution in [2.45, 2.75) is 6.04 Å². The second-order valence-corrected chi connectivity index (χ2v) is 8.57. The van der Waals surface area contributed by atoms with Crippen LogP contribution in [0.5, 0.6) is 0 Å². The lowest BCUT2D eigenvalue weighted by atomic mass is 9.93. The molecule has 0 aliphatic carbocycles. The van der Waals surface area contributed by atoms with Gasteiger partial charge in [0, 0.05) is 11.8 Å². The molecule has 0 spiro atoms. The minimum absolute atomic E-state index is 0.0323. The van der Waals surface area contributed by atoms with Crippen molar-refractivity contribution in [3.63, 3.8) is 0 Å². The Morgan fingerprint density at radius 1 is 0.543 bits per heavy atom. The molecule has 1 aromatic heterocycles. The number of allylic oxidation sites excluding steroid dienone is 2. The van der Waals surface area contributed by atoms with Crippen molar-refractivity contribution in [3.05, 3.63) is 162 Å². The molecule has 1 atom stereocenters. The Balaban J connectivity index is 1.54. The number of nitrogens with zero attached hydrogens (tertiary/aromatic N) is 3. The highest BCUT2D eigenvalue weighted by Crippen LogP contribution is 2.38. The number of benzene rings is 4. The summed E-state index contributed by atoms with van der Waals surface area (Å²) in [5.41, 5.74) is 7.90. The van der Waals surface area contributed by atoms with Crippen LogP contribution >= 0.6 is 0 Å². The molecule has 168 valence electrons. The van der Waals surface area contributed by atoms with E-state index in [9.17, 15) is 0 Å². The molecule has 2 heterocycles. The van der Waals surface area contributed by atoms with Crippen LogP contribution in [0.2, 0.25) is 0 Å². The second-order valence-electron chi connectivity index (χ2n) is 8.57. The van der Waals surface area contributed by atoms with Gasteiger partial charge in [0.25, 0.3) is 0 Å². The van der Waals surface area contributed by atoms with E-state index in [0.29, 0.717) is 0 Å². The average molecular weight is 452 g/mol. The van der Waals surface area contributed by atoms with Gasteiger partial charge >= 0.3 is 0 Å². The van der Waals surface area contributed by atoms with Gasteiger partial charge in [0.05, 0.1) is 17.4 Å². The van der Waals surface area contributed by atoms with Crippen molar-refractivity contribution in [1.82, 2.24) is 9.89 Å². The van der Waals surface area contributed by atoms with Crippen molar-refractivity contribution < 1.29 is 0 Å². The molecule has 6 rings (SSSR count). The third-order valence-corrected chi connectivity index (χ3v) is 6.32. The molecule has 0 saturated carbocycles. The van der Waals surface area contributed by atoms with E-state index < -0.39 is 0 Å². The Kier molecular flexibility index (Phi) is 5.57. The minimum Gasteiger partial charge on any atom is -0.253 e. The summed E-state index contributed by atoms with van der Waals surface area (Å²) >= 11 is 0. The largest absolute Gasteiger partial charge is 0.253 e. The van der Waals surface area contributed by atoms with Crippen LogP contribution in [0.3, 0.4) is 0 Å². The van der Waals surface area contributed by atoms with Gasteiger partial charge in [-0.15, -0.1) is 0 Å². The first-order valence-electron chi connectivity index (χ1n) is 11.9. The van der Waals surface area contributed by atoms with Gasteiger partial charge in [0.1, 0.15) is 0 Å². The van der Waals surface area contributed by atoms with Crippen LogP contribution in [0.25, 0.3) is 22.5 Å². The maximum absolute atomic E-state index is 5.03. The van der Waals surface area contributed by atoms with Crippen molar-refractivity contribution in [2.24, 2.45) is 0 Å². The summed E-state index contributed by atoms with van der Waals surface area (Å²) in [6, 6.07) is 44.1. The monoisotopic (exact) mass is 451 g/mol. The first-order valence-corrected chi connectivity index (χ1v) is 11.9. The topological polar surface area (TPSA) is 21.1 Å². The number of hydrogen-bond acceptors (Lipinski definition) is 2. The predicted molar refractivity (Wildman–Crippen MR) is 144 cm³/mol. The normalized spacial score (nSPS) is 15.4. The highest BCUT2D eigenvalue weighted by atomic mass is 15.7. The first-order chi connectivity index (χ1) is 17.4. The van der Waals surface area contributed by atoms with Crippen LogP contribution in [0, 0.1) is 0 Å². The Morgan fingerprint density at radius 2 is 1.09 bits per heavy atom. The quantitative estimate of drug-likeness (QED) is 0.278. The summed E-state index contributed by atoms with van der Waals surface area (Å²) in [5, 5.41) is 7.31. The molecule has 4 aromatic carbocycles. The van der Waals surface area contributed by atoms with Crippen molar-refractivity contribution in [3.8, 4) is 11.3 Å². The van der Waals surface area contributed by atoms with Crippen molar-refractivity contribution in [1.29, 1.82) is 0 Å². The molecule has 5 aromatic rings. The summed E-state index contributed by atoms with van der Waals surface area (Å²) in [7, 11) is 0. The lowest BCUT2D eigenvalue weighted by Gasteiger charge is -2.37. The minimum atomic E-state index is -0.0323. The molecule has 1 aliphatic rings. The summed E-state index contributed by atoms with van der Waals surface area (Å²) in [5.74, 6) is 0. The Labute approximate surface area is 205 Å². The zero-order valence-corrected chi connectivity index (χ0v) is 19.3. The van der Waals surface area contributed by atoms with E-state index >= 15 is 0 Å². The molecule has 0 bridgehead atoms. The number of aromatic nitrogens is 2. The predicted octanol–water partition coefficient (Wildman–Crippen LogP) is 7.37. The summed E-state index contributed by atoms with van der Waals surface area (Å²) in [4.78, 5) is 1.98. The zero-order chi connectivity index (χ0) is 23.5. The Hall–Kier alpha value is -4.63. The molecule has 1 aliphatic heterocycles. The molecule has 3 heteroatoms. The highest BCUT2D eigenvalue weighted by Gasteiger charge is 2.29. The van der Waals surface area contributed by atoms with Crippen LogP contribution in [0.1, 0.15) is 22.7 Å². The third kappa shape index (κ3) is 4.20. The number of rotatable bonds is 5. The fourth-order valence-electron chi connectivity index (χ4n) is 4.61. The molecule has 3 nitrogen and oxygen atoms in total. The lowest BCUT2D eigenvalue weighted by Crippen LogP contribution is -2.38. The van der Waals surface area contributed by atoms with Crippen LogP contribution in [-0.4, -0.2) is 9.89 Å². The van der Waals surface area contributed by atoms with Crippen LogP contribution < -0.4 is 5.01 Å². The van der Waals surface area contributed by atoms with E-state index in [0.717, 1.165) is 22.5 Å². The molecule has 0 fully saturated rings. The van der Waals surface area contributed by atoms with E-state index in [-0.39, 0.29) is 6.04 Å². The lowest BCUT2D eigenvalue weighted by molar-refractivity contribution is 0.575. The fraction of sp³-hybridized carbons (Fsp3) is 0.0312. The van der Waals surface area contributed by atoms with Crippen LogP contribution in [0.4, 0.5) is 0 Å². The molecule has 0 radical (unpaired) electrons. The van der Waals surface area contributed by atoms with E-state index in [4.69, 9.17) is 5.10 Å². The molecule has 1 unspecified atom stereocenters. The highest BCUT2D eigenvalue weighted by molar-refractivity contribution is 5.90. The molecule has 0 saturated heterocycles. The van der Waals surface area contributed by atoms with Crippen LogP contribution in [-0.2, 0) is 0 Å². The molecule has 0 amide bonds. The van der Waals surface area contributed by atoms with E-state index in [2.05, 4.69) is 133 Å². The van der Waals surface area contributed by atoms with Crippen molar-refractivity contribution >= 4 is 11.3 Å². The number of hydrogen-bond donors (Lipinski definition) is 0. The molecule has 35 heavy (non-hydrogen) atoms. The maximum atomic E-state index is 5.03. The van der Waals surface area contributed by atoms with Gasteiger partial charge in [-0.3, -0.25) is 5.01 Å². The fourth-order valence-corrected chi connectivity index (χ4v) is 4.61. The van der Waals surface area contributed by atoms with Gasteiger partial charge in [0.15, 0.2) is 0 Å². The van der Waals surface area contributed by atoms with E-state index in [1.807, 2.05) is 23.0 Å². The van der Waals surface area contributed by atoms with Gasteiger partial charge in [-0.25, -0.2) is 0 Å². The molecule has 0 N–H and O–H groups in total. The second kappa shape index (κ2) is 9.32. The summed E-state index contributed by atoms with van der Waals surface area (Å²) < 4.78 is 0. The van der Waals surface area contributed by atoms with Gasteiger partial charge in [0.2, 0.25) is 0 Å². The standard InChI is InChI=1S/C32H25N3/c1-5-13-25(14-6-1)29-23-31(27-17-9-3-10-18-27)35(32(24-29)28-19-11-4-12-20-28)34-22-21-30(33-34)26-15-7-2-8-16-26/h1-24,31H. The van der Waals surface area contributed by atoms with E-state index in [1.165, 1.54) is 16.7 Å². The van der Waals surface area contributed by atoms with Gasteiger partial charge in [-0.05, 0) is 40.5 Å². The third-order valence-electron chi connectivity index (χ3n) is 6.32. The molecular formula is C32H25N3. The SMILES string of the molecule is C1=C(c2ccccc2)C=C(c2ccccc2)N(n2ccc(-c3ccccc3)n2)C1c1ccccc1. The molecular weight excluding hydrogens is 426 g/mol. The summed E-state index contributed by atoms with van der Waals surface area (Å²) in [6.07, 6.45) is 6.66. The zero-order valence-electron chi connectivity index (χ0n) is 19.3. The van der Waals surface area contributed by atoms with E-state index in [1.54, 1.807) is 0 Å². The Bertz CT molecular complexity index is 1470. The van der Waals surface area contributed by atoms with Gasteiger partial charge in [-0.2, -0.15) is 9.89 Å². The van der Waals surface area contributed by atoms with Crippen LogP contribution in [0.15, 0.2) is 146 Å². The Morgan fingerprint density at radius 3 is 1.71 bits per heavy atom. The summed E-state index contributed by atoms with van der Waals surface area (Å²) in [6.45, 7) is 0. The smallest absolute Gasteiger partial charge is 0.0965 e. The maximum Gasteiger partial charge on any atom is 0.0965 e. The van der Waals surface area contributed by atoms with Gasteiger partial charge < -0.3 is 0 Å².